The van der Waals surface area contributed by atoms with Gasteiger partial charge in [-0.2, -0.15) is 26.3 Å². The van der Waals surface area contributed by atoms with Crippen molar-refractivity contribution in [3.63, 3.8) is 0 Å². The quantitative estimate of drug-likeness (QED) is 0.608. The Balaban J connectivity index is 2.11. The van der Waals surface area contributed by atoms with Gasteiger partial charge in [-0.05, 0) is 42.3 Å². The van der Waals surface area contributed by atoms with Gasteiger partial charge in [0.2, 0.25) is 10.0 Å². The van der Waals surface area contributed by atoms with Gasteiger partial charge in [-0.15, -0.1) is 0 Å². The van der Waals surface area contributed by atoms with E-state index in [0.717, 1.165) is 12.0 Å². The van der Waals surface area contributed by atoms with Gasteiger partial charge in [0.1, 0.15) is 18.1 Å². The Labute approximate surface area is 163 Å². The summed E-state index contributed by atoms with van der Waals surface area (Å²) in [7, 11) is -4.25. The lowest BCUT2D eigenvalue weighted by Gasteiger charge is -2.15. The zero-order chi connectivity index (χ0) is 21.9. The van der Waals surface area contributed by atoms with Gasteiger partial charge in [-0.1, -0.05) is 19.1 Å². The zero-order valence-corrected chi connectivity index (χ0v) is 15.9. The SMILES string of the molecule is CCc1ccc(OCCS(=O)(=O)Nc2cc(C(F)(F)F)cc(C(F)(F)F)c2)cc1. The highest BCUT2D eigenvalue weighted by Crippen LogP contribution is 2.37. The Hall–Kier alpha value is -2.43. The van der Waals surface area contributed by atoms with Crippen LogP contribution in [0.1, 0.15) is 23.6 Å². The second-order valence-electron chi connectivity index (χ2n) is 6.06. The van der Waals surface area contributed by atoms with Crippen LogP contribution in [0.25, 0.3) is 0 Å². The molecule has 0 unspecified atom stereocenters. The van der Waals surface area contributed by atoms with Crippen molar-refractivity contribution < 1.29 is 39.5 Å². The van der Waals surface area contributed by atoms with Crippen molar-refractivity contribution in [1.29, 1.82) is 0 Å². The molecular formula is C18H17F6NO3S. The molecule has 0 aliphatic rings. The van der Waals surface area contributed by atoms with Crippen LogP contribution in [0.4, 0.5) is 32.0 Å². The van der Waals surface area contributed by atoms with Gasteiger partial charge >= 0.3 is 12.4 Å². The number of rotatable bonds is 7. The molecule has 0 aliphatic heterocycles. The van der Waals surface area contributed by atoms with Crippen LogP contribution in [0, 0.1) is 0 Å². The van der Waals surface area contributed by atoms with Crippen LogP contribution in [-0.2, 0) is 28.8 Å². The first-order chi connectivity index (χ1) is 13.3. The normalized spacial score (nSPS) is 12.7. The van der Waals surface area contributed by atoms with Crippen LogP contribution in [-0.4, -0.2) is 20.8 Å². The fraction of sp³-hybridized carbons (Fsp3) is 0.333. The van der Waals surface area contributed by atoms with Crippen molar-refractivity contribution >= 4 is 15.7 Å². The topological polar surface area (TPSA) is 55.4 Å². The van der Waals surface area contributed by atoms with Crippen molar-refractivity contribution in [2.45, 2.75) is 25.7 Å². The Morgan fingerprint density at radius 3 is 1.86 bits per heavy atom. The highest BCUT2D eigenvalue weighted by Gasteiger charge is 2.37. The summed E-state index contributed by atoms with van der Waals surface area (Å²) in [6, 6.07) is 7.34. The maximum Gasteiger partial charge on any atom is 0.416 e. The second kappa shape index (κ2) is 8.52. The van der Waals surface area contributed by atoms with Crippen molar-refractivity contribution in [3.05, 3.63) is 59.2 Å². The Morgan fingerprint density at radius 1 is 0.897 bits per heavy atom. The maximum atomic E-state index is 12.8. The molecule has 29 heavy (non-hydrogen) atoms. The number of hydrogen-bond acceptors (Lipinski definition) is 3. The molecule has 11 heteroatoms. The average molecular weight is 441 g/mol. The summed E-state index contributed by atoms with van der Waals surface area (Å²) in [5, 5.41) is 0. The smallest absolute Gasteiger partial charge is 0.416 e. The lowest BCUT2D eigenvalue weighted by atomic mass is 10.1. The van der Waals surface area contributed by atoms with Crippen molar-refractivity contribution in [2.75, 3.05) is 17.1 Å². The molecule has 0 heterocycles. The van der Waals surface area contributed by atoms with E-state index in [0.29, 0.717) is 17.9 Å². The van der Waals surface area contributed by atoms with E-state index in [4.69, 9.17) is 4.74 Å². The monoisotopic (exact) mass is 441 g/mol. The molecule has 1 N–H and O–H groups in total. The minimum Gasteiger partial charge on any atom is -0.492 e. The molecule has 0 bridgehead atoms. The number of alkyl halides is 6. The summed E-state index contributed by atoms with van der Waals surface area (Å²) in [4.78, 5) is 0. The summed E-state index contributed by atoms with van der Waals surface area (Å²) in [5.41, 5.74) is -3.02. The molecule has 2 aromatic carbocycles. The molecule has 0 radical (unpaired) electrons. The highest BCUT2D eigenvalue weighted by atomic mass is 32.2. The van der Waals surface area contributed by atoms with Crippen LogP contribution in [0.5, 0.6) is 5.75 Å². The Kier molecular flexibility index (Phi) is 6.71. The molecule has 0 saturated heterocycles. The molecule has 0 aliphatic carbocycles. The summed E-state index contributed by atoms with van der Waals surface area (Å²) < 4.78 is 108. The number of aryl methyl sites for hydroxylation is 1. The molecular weight excluding hydrogens is 424 g/mol. The van der Waals surface area contributed by atoms with E-state index < -0.39 is 44.9 Å². The van der Waals surface area contributed by atoms with E-state index >= 15 is 0 Å². The van der Waals surface area contributed by atoms with Crippen LogP contribution in [0.2, 0.25) is 0 Å². The van der Waals surface area contributed by atoms with E-state index in [-0.39, 0.29) is 12.7 Å². The lowest BCUT2D eigenvalue weighted by molar-refractivity contribution is -0.143. The molecule has 160 valence electrons. The largest absolute Gasteiger partial charge is 0.492 e. The Morgan fingerprint density at radius 2 is 1.41 bits per heavy atom. The van der Waals surface area contributed by atoms with Gasteiger partial charge in [0, 0.05) is 5.69 Å². The zero-order valence-electron chi connectivity index (χ0n) is 15.1. The third-order valence-electron chi connectivity index (χ3n) is 3.81. The molecule has 0 spiro atoms. The van der Waals surface area contributed by atoms with E-state index in [2.05, 4.69) is 0 Å². The molecule has 0 atom stereocenters. The number of hydrogen-bond donors (Lipinski definition) is 1. The number of benzene rings is 2. The predicted molar refractivity (Wildman–Crippen MR) is 95.2 cm³/mol. The predicted octanol–water partition coefficient (Wildman–Crippen LogP) is 5.11. The molecule has 0 aromatic heterocycles. The number of sulfonamides is 1. The van der Waals surface area contributed by atoms with Crippen LogP contribution in [0.15, 0.2) is 42.5 Å². The van der Waals surface area contributed by atoms with Gasteiger partial charge < -0.3 is 4.74 Å². The van der Waals surface area contributed by atoms with Crippen LogP contribution < -0.4 is 9.46 Å². The van der Waals surface area contributed by atoms with Gasteiger partial charge in [-0.3, -0.25) is 4.72 Å². The maximum absolute atomic E-state index is 12.8. The molecule has 0 amide bonds. The fourth-order valence-electron chi connectivity index (χ4n) is 2.34. The summed E-state index contributed by atoms with van der Waals surface area (Å²) in [6.45, 7) is 1.61. The summed E-state index contributed by atoms with van der Waals surface area (Å²) in [6.07, 6.45) is -9.35. The van der Waals surface area contributed by atoms with E-state index in [1.807, 2.05) is 6.92 Å². The number of nitrogens with one attached hydrogen (secondary N) is 1. The molecule has 4 nitrogen and oxygen atoms in total. The van der Waals surface area contributed by atoms with Gasteiger partial charge in [0.15, 0.2) is 0 Å². The molecule has 0 fully saturated rings. The standard InChI is InChI=1S/C18H17F6NO3S/c1-2-12-3-5-16(6-4-12)28-7-8-29(26,27)25-15-10-13(17(19,20)21)9-14(11-15)18(22,23)24/h3-6,9-11,25H,2,7-8H2,1H3. The van der Waals surface area contributed by atoms with Crippen molar-refractivity contribution in [3.8, 4) is 5.75 Å². The molecule has 2 aromatic rings. The van der Waals surface area contributed by atoms with Gasteiger partial charge in [-0.25, -0.2) is 8.42 Å². The third-order valence-corrected chi connectivity index (χ3v) is 5.06. The van der Waals surface area contributed by atoms with Crippen molar-refractivity contribution in [1.82, 2.24) is 0 Å². The van der Waals surface area contributed by atoms with E-state index in [1.165, 1.54) is 0 Å². The van der Waals surface area contributed by atoms with Gasteiger partial charge in [0.05, 0.1) is 11.1 Å². The minimum atomic E-state index is -5.07. The minimum absolute atomic E-state index is 0.0825. The highest BCUT2D eigenvalue weighted by molar-refractivity contribution is 7.92. The number of anilines is 1. The number of halogens is 6. The number of ether oxygens (including phenoxy) is 1. The summed E-state index contributed by atoms with van der Waals surface area (Å²) >= 11 is 0. The van der Waals surface area contributed by atoms with E-state index in [9.17, 15) is 34.8 Å². The summed E-state index contributed by atoms with van der Waals surface area (Å²) in [5.74, 6) is -0.282. The van der Waals surface area contributed by atoms with Crippen LogP contribution in [0.3, 0.4) is 0 Å². The molecule has 2 rings (SSSR count). The first kappa shape index (κ1) is 22.9. The lowest BCUT2D eigenvalue weighted by Crippen LogP contribution is -2.22. The average Bonchev–Trinajstić information content (AvgIpc) is 2.60. The van der Waals surface area contributed by atoms with Gasteiger partial charge in [0.25, 0.3) is 0 Å². The molecule has 0 saturated carbocycles. The fourth-order valence-corrected chi connectivity index (χ4v) is 3.22. The van der Waals surface area contributed by atoms with Crippen LogP contribution >= 0.6 is 0 Å². The first-order valence-electron chi connectivity index (χ1n) is 8.32. The Bertz CT molecular complexity index is 905. The third kappa shape index (κ3) is 6.84. The second-order valence-corrected chi connectivity index (χ2v) is 7.90. The van der Waals surface area contributed by atoms with E-state index in [1.54, 1.807) is 29.0 Å². The van der Waals surface area contributed by atoms with Crippen molar-refractivity contribution in [2.24, 2.45) is 0 Å². The first-order valence-corrected chi connectivity index (χ1v) is 9.97.